The van der Waals surface area contributed by atoms with E-state index in [9.17, 15) is 0 Å². The highest BCUT2D eigenvalue weighted by Gasteiger charge is 2.27. The SMILES string of the molecule is CCCNc1cc(OCCO)nc(C2CC2)n1. The maximum atomic E-state index is 8.75. The summed E-state index contributed by atoms with van der Waals surface area (Å²) in [4.78, 5) is 8.83. The molecule has 94 valence electrons. The Morgan fingerprint density at radius 2 is 2.29 bits per heavy atom. The minimum Gasteiger partial charge on any atom is -0.475 e. The first-order valence-electron chi connectivity index (χ1n) is 6.20. The molecular weight excluding hydrogens is 218 g/mol. The molecule has 1 aliphatic carbocycles. The minimum atomic E-state index is 0.000483. The van der Waals surface area contributed by atoms with Gasteiger partial charge in [-0.1, -0.05) is 6.92 Å². The topological polar surface area (TPSA) is 67.3 Å². The monoisotopic (exact) mass is 237 g/mol. The highest BCUT2D eigenvalue weighted by Crippen LogP contribution is 2.39. The number of anilines is 1. The summed E-state index contributed by atoms with van der Waals surface area (Å²) in [6, 6.07) is 1.79. The third-order valence-corrected chi connectivity index (χ3v) is 2.56. The van der Waals surface area contributed by atoms with Crippen LogP contribution in [0.3, 0.4) is 0 Å². The van der Waals surface area contributed by atoms with Crippen molar-refractivity contribution in [2.45, 2.75) is 32.1 Å². The van der Waals surface area contributed by atoms with Crippen LogP contribution in [0.2, 0.25) is 0 Å². The van der Waals surface area contributed by atoms with Gasteiger partial charge in [0.1, 0.15) is 18.2 Å². The molecule has 0 atom stereocenters. The van der Waals surface area contributed by atoms with E-state index in [1.165, 1.54) is 0 Å². The van der Waals surface area contributed by atoms with Crippen LogP contribution in [0.1, 0.15) is 37.9 Å². The van der Waals surface area contributed by atoms with Crippen LogP contribution in [-0.2, 0) is 0 Å². The average Bonchev–Trinajstić information content (AvgIpc) is 3.18. The van der Waals surface area contributed by atoms with Crippen molar-refractivity contribution in [2.75, 3.05) is 25.1 Å². The van der Waals surface area contributed by atoms with E-state index < -0.39 is 0 Å². The summed E-state index contributed by atoms with van der Waals surface area (Å²) in [7, 11) is 0. The number of ether oxygens (including phenoxy) is 1. The fraction of sp³-hybridized carbons (Fsp3) is 0.667. The summed E-state index contributed by atoms with van der Waals surface area (Å²) >= 11 is 0. The number of aliphatic hydroxyl groups excluding tert-OH is 1. The first kappa shape index (κ1) is 12.1. The number of hydrogen-bond acceptors (Lipinski definition) is 5. The maximum absolute atomic E-state index is 8.75. The third-order valence-electron chi connectivity index (χ3n) is 2.56. The molecule has 0 aliphatic heterocycles. The molecule has 1 fully saturated rings. The van der Waals surface area contributed by atoms with Crippen molar-refractivity contribution >= 4 is 5.82 Å². The minimum absolute atomic E-state index is 0.000483. The van der Waals surface area contributed by atoms with Crippen molar-refractivity contribution in [3.8, 4) is 5.88 Å². The van der Waals surface area contributed by atoms with Crippen LogP contribution in [0.5, 0.6) is 5.88 Å². The normalized spacial score (nSPS) is 14.7. The Morgan fingerprint density at radius 3 is 2.94 bits per heavy atom. The number of rotatable bonds is 7. The van der Waals surface area contributed by atoms with E-state index in [-0.39, 0.29) is 13.2 Å². The smallest absolute Gasteiger partial charge is 0.218 e. The summed E-state index contributed by atoms with van der Waals surface area (Å²) in [5.41, 5.74) is 0. The zero-order chi connectivity index (χ0) is 12.1. The molecule has 1 saturated carbocycles. The van der Waals surface area contributed by atoms with Crippen LogP contribution in [0.25, 0.3) is 0 Å². The second kappa shape index (κ2) is 5.82. The largest absolute Gasteiger partial charge is 0.475 e. The van der Waals surface area contributed by atoms with Gasteiger partial charge < -0.3 is 15.2 Å². The lowest BCUT2D eigenvalue weighted by molar-refractivity contribution is 0.196. The quantitative estimate of drug-likeness (QED) is 0.753. The van der Waals surface area contributed by atoms with Crippen LogP contribution in [0.4, 0.5) is 5.82 Å². The molecule has 2 rings (SSSR count). The van der Waals surface area contributed by atoms with E-state index in [2.05, 4.69) is 22.2 Å². The fourth-order valence-electron chi connectivity index (χ4n) is 1.53. The van der Waals surface area contributed by atoms with E-state index >= 15 is 0 Å². The zero-order valence-electron chi connectivity index (χ0n) is 10.1. The second-order valence-electron chi connectivity index (χ2n) is 4.22. The van der Waals surface area contributed by atoms with Crippen LogP contribution < -0.4 is 10.1 Å². The zero-order valence-corrected chi connectivity index (χ0v) is 10.1. The predicted molar refractivity (Wildman–Crippen MR) is 65.4 cm³/mol. The molecule has 0 amide bonds. The Kier molecular flexibility index (Phi) is 4.14. The molecule has 0 bridgehead atoms. The van der Waals surface area contributed by atoms with Gasteiger partial charge in [0.15, 0.2) is 0 Å². The van der Waals surface area contributed by atoms with Crippen LogP contribution in [-0.4, -0.2) is 34.8 Å². The van der Waals surface area contributed by atoms with E-state index in [1.54, 1.807) is 6.07 Å². The van der Waals surface area contributed by atoms with Gasteiger partial charge in [-0.05, 0) is 19.3 Å². The summed E-state index contributed by atoms with van der Waals surface area (Å²) in [6.45, 7) is 3.27. The van der Waals surface area contributed by atoms with E-state index in [0.29, 0.717) is 11.8 Å². The molecule has 5 heteroatoms. The Balaban J connectivity index is 2.10. The van der Waals surface area contributed by atoms with Gasteiger partial charge >= 0.3 is 0 Å². The standard InChI is InChI=1S/C12H19N3O2/c1-2-5-13-10-8-11(17-7-6-16)15-12(14-10)9-3-4-9/h8-9,16H,2-7H2,1H3,(H,13,14,15). The number of aromatic nitrogens is 2. The lowest BCUT2D eigenvalue weighted by Gasteiger charge is -2.09. The average molecular weight is 237 g/mol. The molecule has 0 unspecified atom stereocenters. The Labute approximate surface area is 101 Å². The van der Waals surface area contributed by atoms with Crippen molar-refractivity contribution in [3.63, 3.8) is 0 Å². The molecule has 5 nitrogen and oxygen atoms in total. The summed E-state index contributed by atoms with van der Waals surface area (Å²) < 4.78 is 5.35. The van der Waals surface area contributed by atoms with Crippen molar-refractivity contribution in [1.29, 1.82) is 0 Å². The van der Waals surface area contributed by atoms with Crippen LogP contribution >= 0.6 is 0 Å². The second-order valence-corrected chi connectivity index (χ2v) is 4.22. The molecule has 1 aromatic rings. The highest BCUT2D eigenvalue weighted by molar-refractivity contribution is 5.39. The molecule has 1 heterocycles. The molecule has 0 aromatic carbocycles. The van der Waals surface area contributed by atoms with Crippen molar-refractivity contribution in [2.24, 2.45) is 0 Å². The number of nitrogens with zero attached hydrogens (tertiary/aromatic N) is 2. The van der Waals surface area contributed by atoms with E-state index in [4.69, 9.17) is 9.84 Å². The van der Waals surface area contributed by atoms with Crippen molar-refractivity contribution in [3.05, 3.63) is 11.9 Å². The lowest BCUT2D eigenvalue weighted by Crippen LogP contribution is -2.08. The molecule has 2 N–H and O–H groups in total. The van der Waals surface area contributed by atoms with Crippen molar-refractivity contribution < 1.29 is 9.84 Å². The molecule has 1 aromatic heterocycles. The van der Waals surface area contributed by atoms with Gasteiger partial charge in [0, 0.05) is 18.5 Å². The Hall–Kier alpha value is -1.36. The van der Waals surface area contributed by atoms with Crippen LogP contribution in [0.15, 0.2) is 6.07 Å². The fourth-order valence-corrected chi connectivity index (χ4v) is 1.53. The van der Waals surface area contributed by atoms with Gasteiger partial charge in [-0.25, -0.2) is 4.98 Å². The van der Waals surface area contributed by atoms with Gasteiger partial charge in [-0.2, -0.15) is 4.98 Å². The number of aliphatic hydroxyl groups is 1. The first-order valence-corrected chi connectivity index (χ1v) is 6.20. The highest BCUT2D eigenvalue weighted by atomic mass is 16.5. The van der Waals surface area contributed by atoms with E-state index in [1.807, 2.05) is 0 Å². The maximum Gasteiger partial charge on any atom is 0.218 e. The molecule has 17 heavy (non-hydrogen) atoms. The lowest BCUT2D eigenvalue weighted by atomic mass is 10.4. The van der Waals surface area contributed by atoms with Gasteiger partial charge in [0.2, 0.25) is 5.88 Å². The number of nitrogens with one attached hydrogen (secondary N) is 1. The molecule has 0 saturated heterocycles. The third kappa shape index (κ3) is 3.56. The van der Waals surface area contributed by atoms with Crippen molar-refractivity contribution in [1.82, 2.24) is 9.97 Å². The Bertz CT molecular complexity index is 341. The Morgan fingerprint density at radius 1 is 1.47 bits per heavy atom. The summed E-state index contributed by atoms with van der Waals surface area (Å²) in [5.74, 6) is 2.72. The molecule has 0 spiro atoms. The molecule has 0 radical (unpaired) electrons. The van der Waals surface area contributed by atoms with Gasteiger partial charge in [-0.3, -0.25) is 0 Å². The summed E-state index contributed by atoms with van der Waals surface area (Å²) in [6.07, 6.45) is 3.38. The number of hydrogen-bond donors (Lipinski definition) is 2. The predicted octanol–water partition coefficient (Wildman–Crippen LogP) is 1.55. The molecule has 1 aliphatic rings. The van der Waals surface area contributed by atoms with Crippen LogP contribution in [0, 0.1) is 0 Å². The molecular formula is C12H19N3O2. The van der Waals surface area contributed by atoms with Gasteiger partial charge in [0.05, 0.1) is 6.61 Å². The summed E-state index contributed by atoms with van der Waals surface area (Å²) in [5, 5.41) is 12.0. The first-order chi connectivity index (χ1) is 8.33. The van der Waals surface area contributed by atoms with E-state index in [0.717, 1.165) is 37.4 Å². The van der Waals surface area contributed by atoms with Gasteiger partial charge in [-0.15, -0.1) is 0 Å². The van der Waals surface area contributed by atoms with Gasteiger partial charge in [0.25, 0.3) is 0 Å².